The van der Waals surface area contributed by atoms with Gasteiger partial charge in [-0.3, -0.25) is 9.78 Å². The van der Waals surface area contributed by atoms with E-state index in [2.05, 4.69) is 31.2 Å². The normalized spacial score (nSPS) is 10.3. The molecule has 1 N–H and O–H groups in total. The number of hydrogen-bond acceptors (Lipinski definition) is 3. The number of aromatic nitrogens is 2. The number of halogens is 3. The van der Waals surface area contributed by atoms with E-state index in [-0.39, 0.29) is 16.6 Å². The summed E-state index contributed by atoms with van der Waals surface area (Å²) in [5, 5.41) is 3.18. The molecule has 2 aromatic heterocycles. The SMILES string of the molecule is Cc1cc(Cl)c(C(=O)Nc2cc(Br)cnc2Cl)cn1. The highest BCUT2D eigenvalue weighted by Gasteiger charge is 2.13. The number of nitrogens with zero attached hydrogens (tertiary/aromatic N) is 2. The Balaban J connectivity index is 2.28. The highest BCUT2D eigenvalue weighted by molar-refractivity contribution is 9.10. The second kappa shape index (κ2) is 5.86. The number of hydrogen-bond donors (Lipinski definition) is 1. The Kier molecular flexibility index (Phi) is 4.39. The van der Waals surface area contributed by atoms with Crippen molar-refractivity contribution in [3.05, 3.63) is 50.4 Å². The van der Waals surface area contributed by atoms with Crippen LogP contribution in [-0.2, 0) is 0 Å². The first-order chi connectivity index (χ1) is 8.97. The van der Waals surface area contributed by atoms with E-state index in [1.54, 1.807) is 25.3 Å². The molecule has 1 amide bonds. The molecule has 0 aliphatic heterocycles. The summed E-state index contributed by atoms with van der Waals surface area (Å²) in [6.45, 7) is 1.79. The minimum Gasteiger partial charge on any atom is -0.319 e. The summed E-state index contributed by atoms with van der Waals surface area (Å²) < 4.78 is 0.709. The van der Waals surface area contributed by atoms with E-state index < -0.39 is 0 Å². The lowest BCUT2D eigenvalue weighted by atomic mass is 10.2. The van der Waals surface area contributed by atoms with Crippen molar-refractivity contribution in [2.24, 2.45) is 0 Å². The van der Waals surface area contributed by atoms with Crippen LogP contribution in [-0.4, -0.2) is 15.9 Å². The molecule has 0 aliphatic carbocycles. The van der Waals surface area contributed by atoms with Crippen molar-refractivity contribution in [3.63, 3.8) is 0 Å². The Labute approximate surface area is 128 Å². The molecule has 0 bridgehead atoms. The highest BCUT2D eigenvalue weighted by atomic mass is 79.9. The third-order valence-corrected chi connectivity index (χ3v) is 3.34. The van der Waals surface area contributed by atoms with Crippen LogP contribution in [0, 0.1) is 6.92 Å². The fourth-order valence-corrected chi connectivity index (χ4v) is 2.17. The van der Waals surface area contributed by atoms with Gasteiger partial charge < -0.3 is 5.32 Å². The number of carbonyl (C=O) groups is 1. The maximum atomic E-state index is 12.1. The number of amides is 1. The van der Waals surface area contributed by atoms with E-state index in [9.17, 15) is 4.79 Å². The molecule has 0 atom stereocenters. The smallest absolute Gasteiger partial charge is 0.258 e. The predicted octanol–water partition coefficient (Wildman–Crippen LogP) is 4.11. The number of nitrogens with one attached hydrogen (secondary N) is 1. The van der Waals surface area contributed by atoms with E-state index >= 15 is 0 Å². The van der Waals surface area contributed by atoms with Crippen LogP contribution in [0.15, 0.2) is 29.0 Å². The van der Waals surface area contributed by atoms with Crippen LogP contribution in [0.4, 0.5) is 5.69 Å². The summed E-state index contributed by atoms with van der Waals surface area (Å²) in [4.78, 5) is 20.0. The first-order valence-corrected chi connectivity index (χ1v) is 6.77. The van der Waals surface area contributed by atoms with Gasteiger partial charge in [-0.25, -0.2) is 4.98 Å². The van der Waals surface area contributed by atoms with Crippen LogP contribution < -0.4 is 5.32 Å². The second-order valence-electron chi connectivity index (χ2n) is 3.75. The van der Waals surface area contributed by atoms with E-state index in [1.807, 2.05) is 0 Å². The molecule has 0 saturated heterocycles. The molecule has 0 radical (unpaired) electrons. The number of aryl methyl sites for hydroxylation is 1. The van der Waals surface area contributed by atoms with Gasteiger partial charge in [0.05, 0.1) is 16.3 Å². The molecule has 0 aliphatic rings. The van der Waals surface area contributed by atoms with Gasteiger partial charge in [-0.2, -0.15) is 0 Å². The molecule has 7 heteroatoms. The highest BCUT2D eigenvalue weighted by Crippen LogP contribution is 2.24. The fraction of sp³-hybridized carbons (Fsp3) is 0.0833. The van der Waals surface area contributed by atoms with Crippen molar-refractivity contribution in [3.8, 4) is 0 Å². The van der Waals surface area contributed by atoms with Crippen molar-refractivity contribution in [2.45, 2.75) is 6.92 Å². The van der Waals surface area contributed by atoms with Crippen LogP contribution in [0.3, 0.4) is 0 Å². The topological polar surface area (TPSA) is 54.9 Å². The van der Waals surface area contributed by atoms with Gasteiger partial charge in [-0.05, 0) is 35.0 Å². The van der Waals surface area contributed by atoms with Crippen LogP contribution in [0.1, 0.15) is 16.1 Å². The van der Waals surface area contributed by atoms with Crippen LogP contribution >= 0.6 is 39.1 Å². The second-order valence-corrected chi connectivity index (χ2v) is 5.43. The lowest BCUT2D eigenvalue weighted by molar-refractivity contribution is 0.102. The molecule has 19 heavy (non-hydrogen) atoms. The Morgan fingerprint density at radius 3 is 2.68 bits per heavy atom. The minimum absolute atomic E-state index is 0.202. The summed E-state index contributed by atoms with van der Waals surface area (Å²) in [5.41, 5.74) is 1.42. The number of rotatable bonds is 2. The Morgan fingerprint density at radius 1 is 1.26 bits per heavy atom. The maximum Gasteiger partial charge on any atom is 0.258 e. The van der Waals surface area contributed by atoms with Gasteiger partial charge in [0.2, 0.25) is 0 Å². The summed E-state index contributed by atoms with van der Waals surface area (Å²) in [5.74, 6) is -0.390. The molecule has 4 nitrogen and oxygen atoms in total. The number of pyridine rings is 2. The molecule has 0 fully saturated rings. The average Bonchev–Trinajstić information content (AvgIpc) is 2.33. The maximum absolute atomic E-state index is 12.1. The van der Waals surface area contributed by atoms with E-state index in [4.69, 9.17) is 23.2 Å². The largest absolute Gasteiger partial charge is 0.319 e. The van der Waals surface area contributed by atoms with Gasteiger partial charge in [0.1, 0.15) is 0 Å². The first kappa shape index (κ1) is 14.2. The fourth-order valence-electron chi connectivity index (χ4n) is 1.39. The third kappa shape index (κ3) is 3.43. The van der Waals surface area contributed by atoms with Crippen molar-refractivity contribution >= 4 is 50.7 Å². The molecule has 0 unspecified atom stereocenters. The van der Waals surface area contributed by atoms with Crippen molar-refractivity contribution < 1.29 is 4.79 Å². The van der Waals surface area contributed by atoms with E-state index in [0.717, 1.165) is 5.69 Å². The van der Waals surface area contributed by atoms with Crippen molar-refractivity contribution in [2.75, 3.05) is 5.32 Å². The average molecular weight is 361 g/mol. The van der Waals surface area contributed by atoms with Crippen LogP contribution in [0.2, 0.25) is 10.2 Å². The molecule has 2 rings (SSSR count). The minimum atomic E-state index is -0.390. The number of anilines is 1. The van der Waals surface area contributed by atoms with Gasteiger partial charge in [-0.1, -0.05) is 23.2 Å². The van der Waals surface area contributed by atoms with Crippen LogP contribution in [0.5, 0.6) is 0 Å². The summed E-state index contributed by atoms with van der Waals surface area (Å²) >= 11 is 15.2. The van der Waals surface area contributed by atoms with Crippen molar-refractivity contribution in [1.82, 2.24) is 9.97 Å². The Hall–Kier alpha value is -1.17. The first-order valence-electron chi connectivity index (χ1n) is 5.22. The Bertz CT molecular complexity index is 649. The van der Waals surface area contributed by atoms with E-state index in [0.29, 0.717) is 15.2 Å². The van der Waals surface area contributed by atoms with E-state index in [1.165, 1.54) is 6.20 Å². The zero-order chi connectivity index (χ0) is 14.0. The van der Waals surface area contributed by atoms with Crippen LogP contribution in [0.25, 0.3) is 0 Å². The predicted molar refractivity (Wildman–Crippen MR) is 78.9 cm³/mol. The molecular weight excluding hydrogens is 353 g/mol. The molecule has 2 aromatic rings. The van der Waals surface area contributed by atoms with Gasteiger partial charge >= 0.3 is 0 Å². The van der Waals surface area contributed by atoms with Gasteiger partial charge in [0, 0.05) is 22.6 Å². The lowest BCUT2D eigenvalue weighted by Gasteiger charge is -2.08. The van der Waals surface area contributed by atoms with Gasteiger partial charge in [0.25, 0.3) is 5.91 Å². The monoisotopic (exact) mass is 359 g/mol. The summed E-state index contributed by atoms with van der Waals surface area (Å²) in [6.07, 6.45) is 2.96. The number of carbonyl (C=O) groups excluding carboxylic acids is 1. The molecule has 98 valence electrons. The van der Waals surface area contributed by atoms with Gasteiger partial charge in [-0.15, -0.1) is 0 Å². The zero-order valence-corrected chi connectivity index (χ0v) is 12.8. The summed E-state index contributed by atoms with van der Waals surface area (Å²) in [6, 6.07) is 3.28. The third-order valence-electron chi connectivity index (χ3n) is 2.29. The Morgan fingerprint density at radius 2 is 2.00 bits per heavy atom. The summed E-state index contributed by atoms with van der Waals surface area (Å²) in [7, 11) is 0. The molecule has 2 heterocycles. The standard InChI is InChI=1S/C12H8BrCl2N3O/c1-6-2-9(14)8(5-16-6)12(19)18-10-3-7(13)4-17-11(10)15/h2-5H,1H3,(H,18,19). The molecule has 0 spiro atoms. The molecule has 0 saturated carbocycles. The molecular formula is C12H8BrCl2N3O. The quantitative estimate of drug-likeness (QED) is 0.820. The van der Waals surface area contributed by atoms with Gasteiger partial charge in [0.15, 0.2) is 5.15 Å². The zero-order valence-electron chi connectivity index (χ0n) is 9.75. The molecule has 0 aromatic carbocycles. The van der Waals surface area contributed by atoms with Crippen molar-refractivity contribution in [1.29, 1.82) is 0 Å². The lowest BCUT2D eigenvalue weighted by Crippen LogP contribution is -2.13.